The third-order valence-corrected chi connectivity index (χ3v) is 4.67. The van der Waals surface area contributed by atoms with Crippen LogP contribution in [0.5, 0.6) is 5.75 Å². The van der Waals surface area contributed by atoms with E-state index in [1.165, 1.54) is 45.3 Å². The van der Waals surface area contributed by atoms with Gasteiger partial charge in [-0.2, -0.15) is 0 Å². The minimum absolute atomic E-state index is 0.217. The molecule has 1 aliphatic carbocycles. The van der Waals surface area contributed by atoms with Crippen molar-refractivity contribution < 1.29 is 14.3 Å². The first kappa shape index (κ1) is 18.1. The second kappa shape index (κ2) is 8.57. The van der Waals surface area contributed by atoms with E-state index in [0.717, 1.165) is 12.3 Å². The molecular formula is C18H27N3O3. The standard InChI is InChI=1S/C18H27N3O3/c1-21(11-10-13-6-4-3-5-7-13)18(23)20-15-12-14(17(19)22)8-9-16(15)24-2/h8-9,12-13H,3-7,10-11H2,1-2H3,(H2,19,22)(H,20,23). The Hall–Kier alpha value is -2.24. The second-order valence-electron chi connectivity index (χ2n) is 6.42. The molecule has 1 aliphatic rings. The number of nitrogens with one attached hydrogen (secondary N) is 1. The summed E-state index contributed by atoms with van der Waals surface area (Å²) in [6.07, 6.45) is 7.51. The van der Waals surface area contributed by atoms with Gasteiger partial charge in [0, 0.05) is 19.2 Å². The van der Waals surface area contributed by atoms with Crippen molar-refractivity contribution in [2.75, 3.05) is 26.0 Å². The highest BCUT2D eigenvalue weighted by atomic mass is 16.5. The van der Waals surface area contributed by atoms with Gasteiger partial charge in [0.25, 0.3) is 0 Å². The topological polar surface area (TPSA) is 84.7 Å². The molecule has 24 heavy (non-hydrogen) atoms. The lowest BCUT2D eigenvalue weighted by Gasteiger charge is -2.25. The first-order chi connectivity index (χ1) is 11.5. The van der Waals surface area contributed by atoms with Gasteiger partial charge in [-0.3, -0.25) is 4.79 Å². The Bertz CT molecular complexity index is 583. The van der Waals surface area contributed by atoms with Crippen LogP contribution in [0.2, 0.25) is 0 Å². The molecule has 1 fully saturated rings. The third kappa shape index (κ3) is 4.88. The van der Waals surface area contributed by atoms with E-state index < -0.39 is 5.91 Å². The SMILES string of the molecule is COc1ccc(C(N)=O)cc1NC(=O)N(C)CCC1CCCCC1. The highest BCUT2D eigenvalue weighted by molar-refractivity contribution is 5.97. The first-order valence-corrected chi connectivity index (χ1v) is 8.51. The van der Waals surface area contributed by atoms with Crippen molar-refractivity contribution in [2.24, 2.45) is 11.7 Å². The monoisotopic (exact) mass is 333 g/mol. The van der Waals surface area contributed by atoms with E-state index in [1.807, 2.05) is 0 Å². The molecule has 0 radical (unpaired) electrons. The number of nitrogens with two attached hydrogens (primary N) is 1. The minimum atomic E-state index is -0.543. The third-order valence-electron chi connectivity index (χ3n) is 4.67. The van der Waals surface area contributed by atoms with Crippen molar-refractivity contribution in [3.63, 3.8) is 0 Å². The maximum absolute atomic E-state index is 12.4. The molecule has 3 N–H and O–H groups in total. The number of primary amides is 1. The zero-order valence-electron chi connectivity index (χ0n) is 14.5. The zero-order valence-corrected chi connectivity index (χ0v) is 14.5. The van der Waals surface area contributed by atoms with Crippen molar-refractivity contribution in [2.45, 2.75) is 38.5 Å². The average molecular weight is 333 g/mol. The summed E-state index contributed by atoms with van der Waals surface area (Å²) in [4.78, 5) is 25.4. The molecule has 0 heterocycles. The molecule has 1 saturated carbocycles. The van der Waals surface area contributed by atoms with Crippen LogP contribution < -0.4 is 15.8 Å². The van der Waals surface area contributed by atoms with E-state index in [0.29, 0.717) is 23.5 Å². The number of rotatable bonds is 6. The number of amides is 3. The quantitative estimate of drug-likeness (QED) is 0.838. The Morgan fingerprint density at radius 2 is 2.00 bits per heavy atom. The highest BCUT2D eigenvalue weighted by Crippen LogP contribution is 2.27. The fraction of sp³-hybridized carbons (Fsp3) is 0.556. The molecule has 132 valence electrons. The number of carbonyl (C=O) groups excluding carboxylic acids is 2. The summed E-state index contributed by atoms with van der Waals surface area (Å²) >= 11 is 0. The number of methoxy groups -OCH3 is 1. The highest BCUT2D eigenvalue weighted by Gasteiger charge is 2.17. The molecule has 0 bridgehead atoms. The number of anilines is 1. The van der Waals surface area contributed by atoms with Gasteiger partial charge in [-0.1, -0.05) is 32.1 Å². The van der Waals surface area contributed by atoms with Gasteiger partial charge in [-0.05, 0) is 30.5 Å². The minimum Gasteiger partial charge on any atom is -0.495 e. The van der Waals surface area contributed by atoms with E-state index in [-0.39, 0.29) is 6.03 Å². The fourth-order valence-electron chi connectivity index (χ4n) is 3.12. The van der Waals surface area contributed by atoms with Crippen LogP contribution in [0.3, 0.4) is 0 Å². The molecule has 0 saturated heterocycles. The largest absolute Gasteiger partial charge is 0.495 e. The summed E-state index contributed by atoms with van der Waals surface area (Å²) < 4.78 is 5.23. The van der Waals surface area contributed by atoms with Crippen molar-refractivity contribution in [1.29, 1.82) is 0 Å². The Morgan fingerprint density at radius 1 is 1.29 bits per heavy atom. The van der Waals surface area contributed by atoms with Crippen LogP contribution in [0.4, 0.5) is 10.5 Å². The van der Waals surface area contributed by atoms with Crippen LogP contribution in [0.15, 0.2) is 18.2 Å². The maximum atomic E-state index is 12.4. The summed E-state index contributed by atoms with van der Waals surface area (Å²) in [6, 6.07) is 4.51. The average Bonchev–Trinajstić information content (AvgIpc) is 2.60. The lowest BCUT2D eigenvalue weighted by atomic mass is 9.87. The van der Waals surface area contributed by atoms with E-state index >= 15 is 0 Å². The number of hydrogen-bond donors (Lipinski definition) is 2. The predicted octanol–water partition coefficient (Wildman–Crippen LogP) is 3.23. The molecule has 3 amide bonds. The number of nitrogens with zero attached hydrogens (tertiary/aromatic N) is 1. The molecule has 2 rings (SSSR count). The normalized spacial score (nSPS) is 14.9. The Labute approximate surface area is 143 Å². The second-order valence-corrected chi connectivity index (χ2v) is 6.42. The Morgan fingerprint density at radius 3 is 2.62 bits per heavy atom. The van der Waals surface area contributed by atoms with Gasteiger partial charge >= 0.3 is 6.03 Å². The Kier molecular flexibility index (Phi) is 6.46. The van der Waals surface area contributed by atoms with Crippen molar-refractivity contribution in [3.8, 4) is 5.75 Å². The van der Waals surface area contributed by atoms with E-state index in [9.17, 15) is 9.59 Å². The summed E-state index contributed by atoms with van der Waals surface area (Å²) in [5, 5.41) is 2.80. The van der Waals surface area contributed by atoms with Crippen LogP contribution in [-0.2, 0) is 0 Å². The molecule has 6 nitrogen and oxygen atoms in total. The number of carbonyl (C=O) groups is 2. The summed E-state index contributed by atoms with van der Waals surface area (Å²) in [6.45, 7) is 0.717. The number of hydrogen-bond acceptors (Lipinski definition) is 3. The van der Waals surface area contributed by atoms with Gasteiger partial charge in [-0.15, -0.1) is 0 Å². The van der Waals surface area contributed by atoms with Gasteiger partial charge < -0.3 is 20.7 Å². The fourth-order valence-corrected chi connectivity index (χ4v) is 3.12. The van der Waals surface area contributed by atoms with Crippen LogP contribution in [0.1, 0.15) is 48.9 Å². The maximum Gasteiger partial charge on any atom is 0.321 e. The molecular weight excluding hydrogens is 306 g/mol. The summed E-state index contributed by atoms with van der Waals surface area (Å²) in [5.41, 5.74) is 6.07. The molecule has 0 aromatic heterocycles. The smallest absolute Gasteiger partial charge is 0.321 e. The molecule has 0 unspecified atom stereocenters. The van der Waals surface area contributed by atoms with Gasteiger partial charge in [0.05, 0.1) is 12.8 Å². The lowest BCUT2D eigenvalue weighted by Crippen LogP contribution is -2.33. The van der Waals surface area contributed by atoms with Crippen LogP contribution >= 0.6 is 0 Å². The number of benzene rings is 1. The van der Waals surface area contributed by atoms with Crippen LogP contribution in [0, 0.1) is 5.92 Å². The number of ether oxygens (including phenoxy) is 1. The van der Waals surface area contributed by atoms with Crippen LogP contribution in [0.25, 0.3) is 0 Å². The summed E-state index contributed by atoms with van der Waals surface area (Å²) in [5.74, 6) is 0.676. The molecule has 0 aliphatic heterocycles. The van der Waals surface area contributed by atoms with Gasteiger partial charge in [0.2, 0.25) is 5.91 Å². The van der Waals surface area contributed by atoms with Crippen molar-refractivity contribution in [3.05, 3.63) is 23.8 Å². The van der Waals surface area contributed by atoms with E-state index in [1.54, 1.807) is 24.1 Å². The van der Waals surface area contributed by atoms with Gasteiger partial charge in [-0.25, -0.2) is 4.79 Å². The first-order valence-electron chi connectivity index (χ1n) is 8.51. The molecule has 0 atom stereocenters. The zero-order chi connectivity index (χ0) is 17.5. The van der Waals surface area contributed by atoms with Crippen LogP contribution in [-0.4, -0.2) is 37.5 Å². The summed E-state index contributed by atoms with van der Waals surface area (Å²) in [7, 11) is 3.30. The molecule has 6 heteroatoms. The van der Waals surface area contributed by atoms with Gasteiger partial charge in [0.1, 0.15) is 5.75 Å². The molecule has 1 aromatic rings. The van der Waals surface area contributed by atoms with Gasteiger partial charge in [0.15, 0.2) is 0 Å². The number of urea groups is 1. The lowest BCUT2D eigenvalue weighted by molar-refractivity contribution is 0.1000. The molecule has 0 spiro atoms. The van der Waals surface area contributed by atoms with Crippen molar-refractivity contribution in [1.82, 2.24) is 4.90 Å². The van der Waals surface area contributed by atoms with E-state index in [4.69, 9.17) is 10.5 Å². The van der Waals surface area contributed by atoms with E-state index in [2.05, 4.69) is 5.32 Å². The predicted molar refractivity (Wildman–Crippen MR) is 94.4 cm³/mol. The van der Waals surface area contributed by atoms with Crippen molar-refractivity contribution >= 4 is 17.6 Å². The molecule has 1 aromatic carbocycles. The Balaban J connectivity index is 1.94.